The minimum atomic E-state index is 0.193. The third-order valence-corrected chi connectivity index (χ3v) is 6.08. The zero-order chi connectivity index (χ0) is 18.3. The third-order valence-electron chi connectivity index (χ3n) is 5.26. The number of aromatic nitrogens is 4. The molecule has 1 aliphatic rings. The van der Waals surface area contributed by atoms with Gasteiger partial charge in [0, 0.05) is 24.2 Å². The van der Waals surface area contributed by atoms with E-state index in [0.29, 0.717) is 26.9 Å². The molecular weight excluding hydrogens is 371 g/mol. The summed E-state index contributed by atoms with van der Waals surface area (Å²) >= 11 is 12.5. The van der Waals surface area contributed by atoms with Crippen LogP contribution < -0.4 is 10.2 Å². The molecule has 1 saturated heterocycles. The van der Waals surface area contributed by atoms with Crippen molar-refractivity contribution < 1.29 is 0 Å². The number of H-pyrrole nitrogens is 1. The number of anilines is 1. The summed E-state index contributed by atoms with van der Waals surface area (Å²) in [5.41, 5.74) is 2.94. The molecule has 1 aromatic carbocycles. The van der Waals surface area contributed by atoms with Gasteiger partial charge >= 0.3 is 0 Å². The first kappa shape index (κ1) is 17.5. The molecule has 3 heterocycles. The molecule has 0 bridgehead atoms. The van der Waals surface area contributed by atoms with E-state index in [0.717, 1.165) is 37.3 Å². The standard InChI is InChI=1S/C18H20Cl2N6/c1-18(21-2)6-8-26(9-7-18)13-10-22-16-15(24-25-17(16)23-13)11-4-3-5-12(19)14(11)20/h3-5,10,21H,6-9H2,1-2H3,(H,23,24,25). The Hall–Kier alpha value is -1.89. The summed E-state index contributed by atoms with van der Waals surface area (Å²) in [5.74, 6) is 0.864. The van der Waals surface area contributed by atoms with Crippen molar-refractivity contribution in [2.45, 2.75) is 25.3 Å². The number of nitrogens with one attached hydrogen (secondary N) is 2. The molecule has 2 aromatic heterocycles. The monoisotopic (exact) mass is 390 g/mol. The van der Waals surface area contributed by atoms with Crippen LogP contribution in [0.3, 0.4) is 0 Å². The van der Waals surface area contributed by atoms with Gasteiger partial charge in [-0.15, -0.1) is 0 Å². The van der Waals surface area contributed by atoms with Gasteiger partial charge in [0.2, 0.25) is 0 Å². The van der Waals surface area contributed by atoms with Gasteiger partial charge in [0.1, 0.15) is 17.0 Å². The molecule has 26 heavy (non-hydrogen) atoms. The number of benzene rings is 1. The minimum Gasteiger partial charge on any atom is -0.355 e. The van der Waals surface area contributed by atoms with Crippen LogP contribution in [-0.2, 0) is 0 Å². The Morgan fingerprint density at radius 1 is 1.23 bits per heavy atom. The Balaban J connectivity index is 1.65. The van der Waals surface area contributed by atoms with Crippen LogP contribution in [0, 0.1) is 0 Å². The third kappa shape index (κ3) is 3.02. The van der Waals surface area contributed by atoms with Crippen LogP contribution in [-0.4, -0.2) is 45.8 Å². The molecule has 1 fully saturated rings. The molecule has 8 heteroatoms. The fourth-order valence-electron chi connectivity index (χ4n) is 3.30. The van der Waals surface area contributed by atoms with Crippen molar-refractivity contribution in [1.29, 1.82) is 0 Å². The molecule has 4 rings (SSSR count). The summed E-state index contributed by atoms with van der Waals surface area (Å²) < 4.78 is 0. The lowest BCUT2D eigenvalue weighted by Gasteiger charge is -2.39. The van der Waals surface area contributed by atoms with Gasteiger partial charge in [-0.3, -0.25) is 5.10 Å². The van der Waals surface area contributed by atoms with Crippen LogP contribution in [0.15, 0.2) is 24.4 Å². The van der Waals surface area contributed by atoms with Crippen LogP contribution >= 0.6 is 23.2 Å². The highest BCUT2D eigenvalue weighted by atomic mass is 35.5. The number of rotatable bonds is 3. The molecule has 136 valence electrons. The van der Waals surface area contributed by atoms with E-state index in [9.17, 15) is 0 Å². The van der Waals surface area contributed by atoms with Gasteiger partial charge in [0.25, 0.3) is 0 Å². The Morgan fingerprint density at radius 2 is 2.00 bits per heavy atom. The molecule has 0 unspecified atom stereocenters. The first-order valence-corrected chi connectivity index (χ1v) is 9.36. The van der Waals surface area contributed by atoms with Crippen molar-refractivity contribution in [2.24, 2.45) is 0 Å². The van der Waals surface area contributed by atoms with E-state index in [4.69, 9.17) is 28.2 Å². The molecular formula is C18H20Cl2N6. The maximum Gasteiger partial charge on any atom is 0.177 e. The van der Waals surface area contributed by atoms with Crippen LogP contribution in [0.2, 0.25) is 10.0 Å². The lowest BCUT2D eigenvalue weighted by Crippen LogP contribution is -2.50. The summed E-state index contributed by atoms with van der Waals surface area (Å²) in [7, 11) is 2.02. The Kier molecular flexibility index (Phi) is 4.50. The second kappa shape index (κ2) is 6.68. The Labute approximate surface area is 161 Å². The lowest BCUT2D eigenvalue weighted by molar-refractivity contribution is 0.304. The fourth-order valence-corrected chi connectivity index (χ4v) is 3.69. The molecule has 0 spiro atoms. The van der Waals surface area contributed by atoms with Gasteiger partial charge in [-0.1, -0.05) is 35.3 Å². The predicted octanol–water partition coefficient (Wildman–Crippen LogP) is 3.91. The van der Waals surface area contributed by atoms with E-state index in [-0.39, 0.29) is 5.54 Å². The molecule has 2 N–H and O–H groups in total. The average Bonchev–Trinajstić information content (AvgIpc) is 3.07. The van der Waals surface area contributed by atoms with Crippen molar-refractivity contribution in [3.8, 4) is 11.3 Å². The highest BCUT2D eigenvalue weighted by Crippen LogP contribution is 2.35. The molecule has 0 aliphatic carbocycles. The quantitative estimate of drug-likeness (QED) is 0.709. The van der Waals surface area contributed by atoms with E-state index in [1.54, 1.807) is 6.07 Å². The normalized spacial score (nSPS) is 17.0. The van der Waals surface area contributed by atoms with Crippen LogP contribution in [0.4, 0.5) is 5.82 Å². The number of hydrogen-bond acceptors (Lipinski definition) is 5. The van der Waals surface area contributed by atoms with E-state index in [2.05, 4.69) is 32.3 Å². The van der Waals surface area contributed by atoms with E-state index in [1.807, 2.05) is 25.4 Å². The lowest BCUT2D eigenvalue weighted by atomic mass is 9.90. The van der Waals surface area contributed by atoms with Gasteiger partial charge in [-0.2, -0.15) is 5.10 Å². The summed E-state index contributed by atoms with van der Waals surface area (Å²) in [6.07, 6.45) is 3.94. The highest BCUT2D eigenvalue weighted by molar-refractivity contribution is 6.43. The predicted molar refractivity (Wildman–Crippen MR) is 106 cm³/mol. The van der Waals surface area contributed by atoms with Crippen molar-refractivity contribution in [2.75, 3.05) is 25.0 Å². The SMILES string of the molecule is CNC1(C)CCN(c2cnc3c(-c4cccc(Cl)c4Cl)n[nH]c3n2)CC1. The highest BCUT2D eigenvalue weighted by Gasteiger charge is 2.29. The number of nitrogens with zero attached hydrogens (tertiary/aromatic N) is 4. The van der Waals surface area contributed by atoms with Gasteiger partial charge < -0.3 is 10.2 Å². The summed E-state index contributed by atoms with van der Waals surface area (Å²) in [4.78, 5) is 11.6. The first-order valence-electron chi connectivity index (χ1n) is 8.60. The zero-order valence-electron chi connectivity index (χ0n) is 14.7. The van der Waals surface area contributed by atoms with Crippen LogP contribution in [0.5, 0.6) is 0 Å². The average molecular weight is 391 g/mol. The molecule has 6 nitrogen and oxygen atoms in total. The minimum absolute atomic E-state index is 0.193. The maximum atomic E-state index is 6.33. The smallest absolute Gasteiger partial charge is 0.177 e. The number of halogens is 2. The maximum absolute atomic E-state index is 6.33. The van der Waals surface area contributed by atoms with Crippen molar-refractivity contribution in [1.82, 2.24) is 25.5 Å². The van der Waals surface area contributed by atoms with E-state index < -0.39 is 0 Å². The zero-order valence-corrected chi connectivity index (χ0v) is 16.2. The van der Waals surface area contributed by atoms with E-state index >= 15 is 0 Å². The van der Waals surface area contributed by atoms with E-state index in [1.165, 1.54) is 0 Å². The number of fused-ring (bicyclic) bond motifs is 1. The number of hydrogen-bond donors (Lipinski definition) is 2. The topological polar surface area (TPSA) is 69.7 Å². The molecule has 0 saturated carbocycles. The largest absolute Gasteiger partial charge is 0.355 e. The molecule has 1 aliphatic heterocycles. The Bertz CT molecular complexity index is 946. The Morgan fingerprint density at radius 3 is 2.73 bits per heavy atom. The molecule has 0 atom stereocenters. The van der Waals surface area contributed by atoms with Gasteiger partial charge in [0.15, 0.2) is 5.65 Å². The fraction of sp³-hybridized carbons (Fsp3) is 0.389. The summed E-state index contributed by atoms with van der Waals surface area (Å²) in [5, 5.41) is 11.7. The van der Waals surface area contributed by atoms with Gasteiger partial charge in [-0.05, 0) is 32.9 Å². The molecule has 0 amide bonds. The molecule has 0 radical (unpaired) electrons. The van der Waals surface area contributed by atoms with Gasteiger partial charge in [0.05, 0.1) is 16.2 Å². The van der Waals surface area contributed by atoms with Crippen molar-refractivity contribution in [3.63, 3.8) is 0 Å². The van der Waals surface area contributed by atoms with Gasteiger partial charge in [-0.25, -0.2) is 9.97 Å². The second-order valence-electron chi connectivity index (χ2n) is 6.90. The number of piperidine rings is 1. The van der Waals surface area contributed by atoms with Crippen LogP contribution in [0.1, 0.15) is 19.8 Å². The molecule has 3 aromatic rings. The second-order valence-corrected chi connectivity index (χ2v) is 7.68. The van der Waals surface area contributed by atoms with Crippen molar-refractivity contribution >= 4 is 40.2 Å². The first-order chi connectivity index (χ1) is 12.5. The summed E-state index contributed by atoms with van der Waals surface area (Å²) in [6.45, 7) is 4.15. The van der Waals surface area contributed by atoms with Crippen molar-refractivity contribution in [3.05, 3.63) is 34.4 Å². The van der Waals surface area contributed by atoms with Crippen LogP contribution in [0.25, 0.3) is 22.4 Å². The summed E-state index contributed by atoms with van der Waals surface area (Å²) in [6, 6.07) is 5.47. The number of aromatic amines is 1.